The number of benzene rings is 1. The van der Waals surface area contributed by atoms with Crippen molar-refractivity contribution in [2.45, 2.75) is 45.3 Å². The van der Waals surface area contributed by atoms with Gasteiger partial charge in [0.2, 0.25) is 15.9 Å². The Balaban J connectivity index is 2.06. The first kappa shape index (κ1) is 17.7. The van der Waals surface area contributed by atoms with Crippen molar-refractivity contribution in [1.82, 2.24) is 10.0 Å². The van der Waals surface area contributed by atoms with E-state index >= 15 is 0 Å². The van der Waals surface area contributed by atoms with Gasteiger partial charge in [0.1, 0.15) is 11.4 Å². The van der Waals surface area contributed by atoms with Crippen LogP contribution >= 0.6 is 0 Å². The highest BCUT2D eigenvalue weighted by Gasteiger charge is 2.30. The molecular formula is C16H24N2O4S. The number of hydrogen-bond acceptors (Lipinski definition) is 4. The largest absolute Gasteiger partial charge is 0.487 e. The summed E-state index contributed by atoms with van der Waals surface area (Å²) < 4.78 is 30.1. The predicted molar refractivity (Wildman–Crippen MR) is 88.9 cm³/mol. The SMILES string of the molecule is CC[C@H](NC(=O)CNS(C)(=O)=O)c1ccc2c(c1)CC(C)(C)O2. The standard InChI is InChI=1S/C16H24N2O4S/c1-5-13(18-15(19)10-17-23(4,20)21)11-6-7-14-12(8-11)9-16(2,3)22-14/h6-8,13,17H,5,9-10H2,1-4H3,(H,18,19)/t13-/m0/s1. The number of carbonyl (C=O) groups is 1. The van der Waals surface area contributed by atoms with Crippen molar-refractivity contribution in [2.24, 2.45) is 0 Å². The van der Waals surface area contributed by atoms with Gasteiger partial charge in [-0.1, -0.05) is 13.0 Å². The molecule has 0 fully saturated rings. The Morgan fingerprint density at radius 1 is 1.39 bits per heavy atom. The van der Waals surface area contributed by atoms with Crippen LogP contribution in [0.15, 0.2) is 18.2 Å². The average Bonchev–Trinajstić information content (AvgIpc) is 2.74. The normalized spacial score (nSPS) is 17.2. The van der Waals surface area contributed by atoms with Crippen LogP contribution in [0.2, 0.25) is 0 Å². The van der Waals surface area contributed by atoms with Crippen molar-refractivity contribution >= 4 is 15.9 Å². The van der Waals surface area contributed by atoms with E-state index in [0.29, 0.717) is 6.42 Å². The van der Waals surface area contributed by atoms with E-state index in [0.717, 1.165) is 29.6 Å². The van der Waals surface area contributed by atoms with E-state index < -0.39 is 10.0 Å². The second kappa shape index (κ2) is 6.49. The molecule has 0 bridgehead atoms. The number of hydrogen-bond donors (Lipinski definition) is 2. The molecule has 1 aliphatic rings. The summed E-state index contributed by atoms with van der Waals surface area (Å²) in [6.45, 7) is 5.81. The Morgan fingerprint density at radius 2 is 2.09 bits per heavy atom. The van der Waals surface area contributed by atoms with Gasteiger partial charge < -0.3 is 10.1 Å². The second-order valence-electron chi connectivity index (χ2n) is 6.53. The van der Waals surface area contributed by atoms with Crippen molar-refractivity contribution in [3.63, 3.8) is 0 Å². The Hall–Kier alpha value is -1.60. The summed E-state index contributed by atoms with van der Waals surface area (Å²) >= 11 is 0. The average molecular weight is 340 g/mol. The van der Waals surface area contributed by atoms with Gasteiger partial charge in [0.05, 0.1) is 18.8 Å². The summed E-state index contributed by atoms with van der Waals surface area (Å²) in [5.41, 5.74) is 1.93. The van der Waals surface area contributed by atoms with Gasteiger partial charge in [0.15, 0.2) is 0 Å². The Labute approximate surface area is 137 Å². The fourth-order valence-corrected chi connectivity index (χ4v) is 3.10. The molecule has 0 aliphatic carbocycles. The molecule has 0 aromatic heterocycles. The van der Waals surface area contributed by atoms with E-state index in [1.165, 1.54) is 0 Å². The fourth-order valence-electron chi connectivity index (χ4n) is 2.71. The highest BCUT2D eigenvalue weighted by atomic mass is 32.2. The Kier molecular flexibility index (Phi) is 5.01. The molecule has 0 spiro atoms. The van der Waals surface area contributed by atoms with Gasteiger partial charge in [-0.3, -0.25) is 4.79 Å². The molecule has 2 rings (SSSR count). The maximum Gasteiger partial charge on any atom is 0.235 e. The van der Waals surface area contributed by atoms with E-state index in [1.807, 2.05) is 32.9 Å². The molecule has 0 unspecified atom stereocenters. The van der Waals surface area contributed by atoms with Crippen molar-refractivity contribution in [1.29, 1.82) is 0 Å². The number of ether oxygens (including phenoxy) is 1. The summed E-state index contributed by atoms with van der Waals surface area (Å²) in [6, 6.07) is 5.78. The van der Waals surface area contributed by atoms with Gasteiger partial charge in [-0.25, -0.2) is 13.1 Å². The maximum absolute atomic E-state index is 11.9. The topological polar surface area (TPSA) is 84.5 Å². The highest BCUT2D eigenvalue weighted by molar-refractivity contribution is 7.88. The molecule has 1 amide bonds. The van der Waals surface area contributed by atoms with Crippen LogP contribution in [-0.4, -0.2) is 32.7 Å². The molecule has 0 radical (unpaired) electrons. The lowest BCUT2D eigenvalue weighted by Crippen LogP contribution is -2.38. The zero-order valence-electron chi connectivity index (χ0n) is 14.0. The van der Waals surface area contributed by atoms with Crippen LogP contribution in [0.25, 0.3) is 0 Å². The molecule has 0 saturated carbocycles. The minimum Gasteiger partial charge on any atom is -0.487 e. The minimum atomic E-state index is -3.37. The smallest absolute Gasteiger partial charge is 0.235 e. The summed E-state index contributed by atoms with van der Waals surface area (Å²) in [4.78, 5) is 11.9. The number of rotatable bonds is 6. The molecule has 1 aromatic rings. The Bertz CT molecular complexity index is 698. The van der Waals surface area contributed by atoms with Crippen LogP contribution < -0.4 is 14.8 Å². The van der Waals surface area contributed by atoms with Crippen molar-refractivity contribution in [3.05, 3.63) is 29.3 Å². The maximum atomic E-state index is 11.9. The fraction of sp³-hybridized carbons (Fsp3) is 0.562. The summed E-state index contributed by atoms with van der Waals surface area (Å²) in [5, 5.41) is 2.86. The third kappa shape index (κ3) is 4.94. The lowest BCUT2D eigenvalue weighted by Gasteiger charge is -2.18. The quantitative estimate of drug-likeness (QED) is 0.822. The third-order valence-corrected chi connectivity index (χ3v) is 4.40. The van der Waals surface area contributed by atoms with Crippen LogP contribution in [0.1, 0.15) is 44.4 Å². The molecule has 7 heteroatoms. The van der Waals surface area contributed by atoms with Gasteiger partial charge in [0.25, 0.3) is 0 Å². The van der Waals surface area contributed by atoms with E-state index in [2.05, 4.69) is 16.1 Å². The van der Waals surface area contributed by atoms with Gasteiger partial charge in [-0.15, -0.1) is 0 Å². The van der Waals surface area contributed by atoms with Crippen LogP contribution in [0.5, 0.6) is 5.75 Å². The van der Waals surface area contributed by atoms with Gasteiger partial charge in [0, 0.05) is 6.42 Å². The molecule has 128 valence electrons. The Morgan fingerprint density at radius 3 is 2.70 bits per heavy atom. The number of sulfonamides is 1. The highest BCUT2D eigenvalue weighted by Crippen LogP contribution is 2.36. The molecular weight excluding hydrogens is 316 g/mol. The monoisotopic (exact) mass is 340 g/mol. The first-order chi connectivity index (χ1) is 10.6. The molecule has 2 N–H and O–H groups in total. The molecule has 6 nitrogen and oxygen atoms in total. The molecule has 1 atom stereocenters. The van der Waals surface area contributed by atoms with Crippen LogP contribution in [0, 0.1) is 0 Å². The lowest BCUT2D eigenvalue weighted by atomic mass is 9.97. The second-order valence-corrected chi connectivity index (χ2v) is 8.36. The van der Waals surface area contributed by atoms with Crippen molar-refractivity contribution < 1.29 is 17.9 Å². The van der Waals surface area contributed by atoms with E-state index in [1.54, 1.807) is 0 Å². The molecule has 1 heterocycles. The number of nitrogens with one attached hydrogen (secondary N) is 2. The van der Waals surface area contributed by atoms with Gasteiger partial charge in [-0.2, -0.15) is 0 Å². The number of fused-ring (bicyclic) bond motifs is 1. The molecule has 1 aliphatic heterocycles. The zero-order chi connectivity index (χ0) is 17.3. The third-order valence-electron chi connectivity index (χ3n) is 3.73. The van der Waals surface area contributed by atoms with Crippen molar-refractivity contribution in [2.75, 3.05) is 12.8 Å². The predicted octanol–water partition coefficient (Wildman–Crippen LogP) is 1.52. The summed E-state index contributed by atoms with van der Waals surface area (Å²) in [6.07, 6.45) is 2.57. The number of carbonyl (C=O) groups excluding carboxylic acids is 1. The zero-order valence-corrected chi connectivity index (χ0v) is 14.8. The molecule has 1 aromatic carbocycles. The van der Waals surface area contributed by atoms with Gasteiger partial charge >= 0.3 is 0 Å². The first-order valence-corrected chi connectivity index (χ1v) is 9.54. The van der Waals surface area contributed by atoms with E-state index in [9.17, 15) is 13.2 Å². The first-order valence-electron chi connectivity index (χ1n) is 7.65. The van der Waals surface area contributed by atoms with E-state index in [-0.39, 0.29) is 24.1 Å². The van der Waals surface area contributed by atoms with Crippen molar-refractivity contribution in [3.8, 4) is 5.75 Å². The molecule has 0 saturated heterocycles. The van der Waals surface area contributed by atoms with Crippen LogP contribution in [0.3, 0.4) is 0 Å². The summed E-state index contributed by atoms with van der Waals surface area (Å²) in [5.74, 6) is 0.540. The van der Waals surface area contributed by atoms with Crippen LogP contribution in [-0.2, 0) is 21.2 Å². The lowest BCUT2D eigenvalue weighted by molar-refractivity contribution is -0.120. The van der Waals surface area contributed by atoms with E-state index in [4.69, 9.17) is 4.74 Å². The minimum absolute atomic E-state index is 0.155. The van der Waals surface area contributed by atoms with Gasteiger partial charge in [-0.05, 0) is 43.5 Å². The molecule has 23 heavy (non-hydrogen) atoms. The number of amides is 1. The summed E-state index contributed by atoms with van der Waals surface area (Å²) in [7, 11) is -3.37. The van der Waals surface area contributed by atoms with Crippen LogP contribution in [0.4, 0.5) is 0 Å².